The molecule has 0 bridgehead atoms. The third kappa shape index (κ3) is 14.9. The molecule has 0 aromatic heterocycles. The Morgan fingerprint density at radius 1 is 0.605 bits per heavy atom. The Hall–Kier alpha value is -5.67. The van der Waals surface area contributed by atoms with Gasteiger partial charge in [0.1, 0.15) is 28.7 Å². The first kappa shape index (κ1) is 62.9. The molecule has 9 rings (SSSR count). The van der Waals surface area contributed by atoms with E-state index in [-0.39, 0.29) is 64.4 Å². The molecular weight excluding hydrogens is 1120 g/mol. The minimum Gasteiger partial charge on any atom is -0.444 e. The van der Waals surface area contributed by atoms with Crippen molar-refractivity contribution in [1.82, 2.24) is 10.6 Å². The summed E-state index contributed by atoms with van der Waals surface area (Å²) in [6.45, 7) is 17.9. The summed E-state index contributed by atoms with van der Waals surface area (Å²) >= 11 is 4.16. The number of benzene rings is 3. The topological polar surface area (TPSA) is 280 Å². The second-order valence-electron chi connectivity index (χ2n) is 22.6. The van der Waals surface area contributed by atoms with Gasteiger partial charge in [-0.15, -0.1) is 0 Å². The summed E-state index contributed by atoms with van der Waals surface area (Å²) in [5.41, 5.74) is 8.83. The third-order valence-corrected chi connectivity index (χ3v) is 17.7. The number of anilines is 1. The van der Waals surface area contributed by atoms with Crippen LogP contribution in [0.25, 0.3) is 0 Å². The number of carbonyl (C=O) groups is 2. The van der Waals surface area contributed by atoms with E-state index in [1.165, 1.54) is 59.6 Å². The van der Waals surface area contributed by atoms with Crippen molar-refractivity contribution in [3.8, 4) is 0 Å². The molecule has 0 radical (unpaired) electrons. The molecule has 6 heterocycles. The lowest BCUT2D eigenvalue weighted by atomic mass is 9.73. The minimum absolute atomic E-state index is 0.0132. The van der Waals surface area contributed by atoms with Gasteiger partial charge in [-0.05, 0) is 91.1 Å². The van der Waals surface area contributed by atoms with Crippen molar-refractivity contribution < 1.29 is 56.3 Å². The molecule has 6 aliphatic heterocycles. The highest BCUT2D eigenvalue weighted by molar-refractivity contribution is 8.14. The zero-order chi connectivity index (χ0) is 59.2. The number of nitrogens with two attached hydrogens (primary N) is 2. The number of amides is 2. The molecule has 0 aliphatic carbocycles. The highest BCUT2D eigenvalue weighted by Crippen LogP contribution is 2.52. The first-order chi connectivity index (χ1) is 38.1. The number of hydrogen-bond acceptors (Lipinski definition) is 19. The number of alkyl carbamates (subject to hydrolysis) is 2. The molecule has 20 nitrogen and oxygen atoms in total. The fourth-order valence-corrected chi connectivity index (χ4v) is 13.9. The van der Waals surface area contributed by atoms with E-state index in [9.17, 15) is 43.0 Å². The van der Waals surface area contributed by atoms with E-state index in [2.05, 4.69) is 15.6 Å². The summed E-state index contributed by atoms with van der Waals surface area (Å²) in [6.07, 6.45) is 2.16. The van der Waals surface area contributed by atoms with Crippen LogP contribution in [-0.4, -0.2) is 104 Å². The number of ether oxygens (including phenoxy) is 5. The van der Waals surface area contributed by atoms with Crippen molar-refractivity contribution in [1.29, 1.82) is 0 Å². The molecule has 0 saturated carbocycles. The van der Waals surface area contributed by atoms with E-state index in [1.807, 2.05) is 20.8 Å². The van der Waals surface area contributed by atoms with E-state index in [0.29, 0.717) is 89.5 Å². The number of aliphatic imine (C=N–C) groups is 3. The Labute approximate surface area is 482 Å². The molecule has 3 aromatic carbocycles. The fourth-order valence-electron chi connectivity index (χ4n) is 10.7. The number of nitro benzene ring substituents is 2. The molecule has 3 aromatic rings. The van der Waals surface area contributed by atoms with Gasteiger partial charge in [0.25, 0.3) is 11.4 Å². The van der Waals surface area contributed by atoms with Crippen molar-refractivity contribution in [2.24, 2.45) is 38.5 Å². The number of fused-ring (bicyclic) bond motifs is 3. The molecule has 2 amide bonds. The van der Waals surface area contributed by atoms with Crippen molar-refractivity contribution in [2.45, 2.75) is 147 Å². The summed E-state index contributed by atoms with van der Waals surface area (Å²) < 4.78 is 72.7. The van der Waals surface area contributed by atoms with Crippen molar-refractivity contribution in [3.05, 3.63) is 109 Å². The first-order valence-electron chi connectivity index (χ1n) is 26.9. The summed E-state index contributed by atoms with van der Waals surface area (Å²) in [4.78, 5) is 60.0. The number of nitrogen functional groups attached to an aromatic ring is 1. The lowest BCUT2D eigenvalue weighted by Gasteiger charge is -2.47. The van der Waals surface area contributed by atoms with Gasteiger partial charge in [-0.3, -0.25) is 45.8 Å². The summed E-state index contributed by atoms with van der Waals surface area (Å²) in [7, 11) is 0. The van der Waals surface area contributed by atoms with Gasteiger partial charge in [-0.25, -0.2) is 22.8 Å². The molecule has 6 N–H and O–H groups in total. The summed E-state index contributed by atoms with van der Waals surface area (Å²) in [5, 5.41) is 28.9. The van der Waals surface area contributed by atoms with Crippen LogP contribution in [0.5, 0.6) is 0 Å². The number of nitrogens with one attached hydrogen (secondary N) is 2. The van der Waals surface area contributed by atoms with Crippen LogP contribution in [0.4, 0.5) is 39.8 Å². The maximum Gasteiger partial charge on any atom is 0.413 e. The minimum atomic E-state index is -1.06. The zero-order valence-corrected chi connectivity index (χ0v) is 49.3. The van der Waals surface area contributed by atoms with Gasteiger partial charge >= 0.3 is 12.2 Å². The molecule has 3 fully saturated rings. The number of non-ortho nitro benzene ring substituents is 2. The first-order valence-corrected chi connectivity index (χ1v) is 29.8. The predicted molar refractivity (Wildman–Crippen MR) is 309 cm³/mol. The van der Waals surface area contributed by atoms with Crippen molar-refractivity contribution in [3.63, 3.8) is 0 Å². The van der Waals surface area contributed by atoms with E-state index in [4.69, 9.17) is 45.1 Å². The number of halogens is 3. The quantitative estimate of drug-likeness (QED) is 0.0926. The highest BCUT2D eigenvalue weighted by atomic mass is 32.2. The Morgan fingerprint density at radius 3 is 1.31 bits per heavy atom. The molecular formula is C55H72F3N9O11S3. The van der Waals surface area contributed by atoms with Crippen LogP contribution < -0.4 is 22.1 Å². The Balaban J connectivity index is 0.000000177. The molecule has 6 aliphatic rings. The number of hydrogen-bond donors (Lipinski definition) is 4. The van der Waals surface area contributed by atoms with Gasteiger partial charge in [0, 0.05) is 101 Å². The molecule has 26 heteroatoms. The lowest BCUT2D eigenvalue weighted by Crippen LogP contribution is -2.51. The van der Waals surface area contributed by atoms with Gasteiger partial charge in [0.15, 0.2) is 15.5 Å². The molecule has 0 spiro atoms. The fraction of sp³-hybridized carbons (Fsp3) is 0.582. The maximum absolute atomic E-state index is 15.0. The van der Waals surface area contributed by atoms with E-state index < -0.39 is 61.5 Å². The van der Waals surface area contributed by atoms with Gasteiger partial charge in [-0.1, -0.05) is 56.1 Å². The van der Waals surface area contributed by atoms with Gasteiger partial charge in [-0.2, -0.15) is 0 Å². The Bertz CT molecular complexity index is 2930. The summed E-state index contributed by atoms with van der Waals surface area (Å²) in [5.74, 6) is 0.185. The van der Waals surface area contributed by atoms with E-state index in [1.54, 1.807) is 53.7 Å². The van der Waals surface area contributed by atoms with Crippen LogP contribution in [0, 0.1) is 55.4 Å². The average molecular weight is 1190 g/mol. The predicted octanol–water partition coefficient (Wildman–Crippen LogP) is 11.2. The van der Waals surface area contributed by atoms with Crippen LogP contribution in [0.3, 0.4) is 0 Å². The standard InChI is InChI=1S/C20H26FN3O5S.C20H28FN3O3S.C15H18FN3O3S/c1-5-14-9-20(15-8-13(24(26)27)6-7-16(15)21)12(10-28-14)11-30-17(23-20)22-18(25)29-19(2,3)4;1-5-14-9-20(15-8-13(22)6-7-16(15)21)12(10-26-14)11-28-17(24-20)23-18(25)27-19(2,3)4;1-2-11-6-15(9(7-22-11)8-23-14(17)18-15)12-5-10(19(20)21)3-4-13(12)16/h6-8,12,14H,5,9-11H2,1-4H3,(H,22,23,25);6-8,12,14H,5,9-11,22H2,1-4H3,(H,23,24,25);3-5,9,11H,2,6-8H2,1H3,(H2,17,18)/t2*12-,14-,20-;9-,11-,15-/m000/s1. The zero-order valence-electron chi connectivity index (χ0n) is 46.9. The smallest absolute Gasteiger partial charge is 0.413 e. The monoisotopic (exact) mass is 1190 g/mol. The highest BCUT2D eigenvalue weighted by Gasteiger charge is 2.53. The summed E-state index contributed by atoms with van der Waals surface area (Å²) in [6, 6.07) is 11.7. The van der Waals surface area contributed by atoms with E-state index in [0.717, 1.165) is 31.0 Å². The number of amidine groups is 3. The SMILES string of the molecule is CC[C@H]1C[C@]2(c3cc(N)ccc3F)N=C(NC(=O)OC(C)(C)C)SC[C@@H]2CO1.CC[C@H]1C[C@]2(c3cc([N+](=O)[O-])ccc3F)N=C(N)SC[C@@H]2CO1.CC[C@H]1C[C@]2(c3cc([N+](=O)[O-])ccc3F)N=C(NC(=O)OC(C)(C)C)SC[C@@H]2CO1. The number of carbonyl (C=O) groups excluding carboxylic acids is 2. The number of rotatable bonds is 8. The van der Waals surface area contributed by atoms with E-state index >= 15 is 0 Å². The second kappa shape index (κ2) is 25.9. The molecule has 0 unspecified atom stereocenters. The molecule has 442 valence electrons. The van der Waals surface area contributed by atoms with Crippen LogP contribution >= 0.6 is 35.3 Å². The Morgan fingerprint density at radius 2 is 0.951 bits per heavy atom. The van der Waals surface area contributed by atoms with Crippen LogP contribution in [-0.2, 0) is 40.3 Å². The molecule has 9 atom stereocenters. The van der Waals surface area contributed by atoms with Gasteiger partial charge in [0.05, 0.1) is 64.6 Å². The van der Waals surface area contributed by atoms with Crippen LogP contribution in [0.15, 0.2) is 69.6 Å². The molecule has 3 saturated heterocycles. The van der Waals surface area contributed by atoms with Crippen molar-refractivity contribution in [2.75, 3.05) is 42.8 Å². The maximum atomic E-state index is 15.0. The number of nitro groups is 2. The number of nitrogens with zero attached hydrogens (tertiary/aromatic N) is 5. The second-order valence-corrected chi connectivity index (χ2v) is 25.7. The number of thioether (sulfide) groups is 3. The van der Waals surface area contributed by atoms with Crippen LogP contribution in [0.1, 0.15) is 118 Å². The van der Waals surface area contributed by atoms with Gasteiger partial charge < -0.3 is 35.2 Å². The Kier molecular flexibility index (Phi) is 20.1. The normalized spacial score (nSPS) is 27.9. The average Bonchev–Trinajstić information content (AvgIpc) is 3.47. The van der Waals surface area contributed by atoms with Gasteiger partial charge in [0.2, 0.25) is 0 Å². The lowest BCUT2D eigenvalue weighted by molar-refractivity contribution is -0.385. The third-order valence-electron chi connectivity index (χ3n) is 14.7. The molecule has 81 heavy (non-hydrogen) atoms. The van der Waals surface area contributed by atoms with Crippen LogP contribution in [0.2, 0.25) is 0 Å². The largest absolute Gasteiger partial charge is 0.444 e. The van der Waals surface area contributed by atoms with Crippen molar-refractivity contribution >= 4 is 80.0 Å².